The van der Waals surface area contributed by atoms with Crippen molar-refractivity contribution in [3.05, 3.63) is 59.5 Å². The van der Waals surface area contributed by atoms with Crippen molar-refractivity contribution in [2.45, 2.75) is 12.3 Å². The van der Waals surface area contributed by atoms with Crippen LogP contribution in [0.25, 0.3) is 0 Å². The van der Waals surface area contributed by atoms with Gasteiger partial charge in [0.1, 0.15) is 5.76 Å². The fourth-order valence-corrected chi connectivity index (χ4v) is 2.25. The number of carbonyl (C=O) groups excluding carboxylic acids is 2. The van der Waals surface area contributed by atoms with E-state index < -0.39 is 0 Å². The van der Waals surface area contributed by atoms with Gasteiger partial charge in [-0.2, -0.15) is 0 Å². The Morgan fingerprint density at radius 3 is 2.72 bits per heavy atom. The molecule has 0 saturated carbocycles. The van der Waals surface area contributed by atoms with E-state index in [9.17, 15) is 9.59 Å². The Morgan fingerprint density at radius 1 is 1.11 bits per heavy atom. The van der Waals surface area contributed by atoms with Crippen molar-refractivity contribution in [3.8, 4) is 0 Å². The molecular formula is C14H11NO3. The third-order valence-electron chi connectivity index (χ3n) is 3.12. The van der Waals surface area contributed by atoms with Gasteiger partial charge < -0.3 is 4.42 Å². The zero-order chi connectivity index (χ0) is 12.5. The van der Waals surface area contributed by atoms with E-state index in [2.05, 4.69) is 5.32 Å². The molecule has 0 bridgehead atoms. The van der Waals surface area contributed by atoms with Crippen LogP contribution in [-0.4, -0.2) is 11.8 Å². The standard InChI is InChI=1S/C14H11NO3/c16-13-11-6-2-1-5-10(11)12(14(17)15-13)8-9-4-3-7-18-9/h1-7,12H,8H2,(H,15,16,17). The summed E-state index contributed by atoms with van der Waals surface area (Å²) in [6, 6.07) is 10.8. The van der Waals surface area contributed by atoms with E-state index in [0.29, 0.717) is 12.0 Å². The van der Waals surface area contributed by atoms with Crippen molar-refractivity contribution in [2.24, 2.45) is 0 Å². The lowest BCUT2D eigenvalue weighted by Gasteiger charge is -2.23. The van der Waals surface area contributed by atoms with Crippen molar-refractivity contribution >= 4 is 11.8 Å². The second kappa shape index (κ2) is 4.14. The number of hydrogen-bond acceptors (Lipinski definition) is 3. The first kappa shape index (κ1) is 10.8. The Balaban J connectivity index is 2.01. The molecule has 90 valence electrons. The Kier molecular flexibility index (Phi) is 2.48. The Labute approximate surface area is 104 Å². The van der Waals surface area contributed by atoms with Crippen LogP contribution in [0.5, 0.6) is 0 Å². The van der Waals surface area contributed by atoms with E-state index in [1.165, 1.54) is 0 Å². The molecule has 1 atom stereocenters. The maximum Gasteiger partial charge on any atom is 0.258 e. The number of rotatable bonds is 2. The smallest absolute Gasteiger partial charge is 0.258 e. The molecular weight excluding hydrogens is 230 g/mol. The molecule has 0 spiro atoms. The normalized spacial score (nSPS) is 18.3. The number of hydrogen-bond donors (Lipinski definition) is 1. The predicted molar refractivity (Wildman–Crippen MR) is 64.1 cm³/mol. The first-order valence-corrected chi connectivity index (χ1v) is 5.72. The SMILES string of the molecule is O=C1NC(=O)C(Cc2ccco2)c2ccccc21. The highest BCUT2D eigenvalue weighted by atomic mass is 16.3. The van der Waals surface area contributed by atoms with Crippen molar-refractivity contribution in [1.82, 2.24) is 5.32 Å². The van der Waals surface area contributed by atoms with Gasteiger partial charge in [0.25, 0.3) is 5.91 Å². The molecule has 1 aromatic heterocycles. The molecule has 0 radical (unpaired) electrons. The van der Waals surface area contributed by atoms with Crippen molar-refractivity contribution in [1.29, 1.82) is 0 Å². The summed E-state index contributed by atoms with van der Waals surface area (Å²) in [4.78, 5) is 23.6. The van der Waals surface area contributed by atoms with Gasteiger partial charge in [-0.3, -0.25) is 14.9 Å². The van der Waals surface area contributed by atoms with Gasteiger partial charge in [-0.25, -0.2) is 0 Å². The van der Waals surface area contributed by atoms with E-state index in [0.717, 1.165) is 11.3 Å². The van der Waals surface area contributed by atoms with Gasteiger partial charge in [-0.15, -0.1) is 0 Å². The first-order chi connectivity index (χ1) is 8.75. The van der Waals surface area contributed by atoms with Gasteiger partial charge in [0.05, 0.1) is 12.2 Å². The van der Waals surface area contributed by atoms with Crippen LogP contribution in [0.3, 0.4) is 0 Å². The molecule has 1 aliphatic heterocycles. The summed E-state index contributed by atoms with van der Waals surface area (Å²) in [6.45, 7) is 0. The minimum Gasteiger partial charge on any atom is -0.469 e. The fraction of sp³-hybridized carbons (Fsp3) is 0.143. The topological polar surface area (TPSA) is 59.3 Å². The Bertz CT molecular complexity index is 601. The third-order valence-corrected chi connectivity index (χ3v) is 3.12. The monoisotopic (exact) mass is 241 g/mol. The number of imide groups is 1. The maximum absolute atomic E-state index is 11.9. The van der Waals surface area contributed by atoms with Gasteiger partial charge in [0.15, 0.2) is 0 Å². The minimum absolute atomic E-state index is 0.268. The quantitative estimate of drug-likeness (QED) is 0.816. The van der Waals surface area contributed by atoms with Crippen LogP contribution in [0.2, 0.25) is 0 Å². The number of amides is 2. The molecule has 1 aliphatic rings. The molecule has 0 aliphatic carbocycles. The molecule has 0 saturated heterocycles. The summed E-state index contributed by atoms with van der Waals surface area (Å²) >= 11 is 0. The van der Waals surface area contributed by atoms with Crippen molar-refractivity contribution in [3.63, 3.8) is 0 Å². The lowest BCUT2D eigenvalue weighted by atomic mass is 9.87. The molecule has 3 rings (SSSR count). The molecule has 0 fully saturated rings. The molecule has 1 N–H and O–H groups in total. The Morgan fingerprint density at radius 2 is 1.94 bits per heavy atom. The van der Waals surface area contributed by atoms with Crippen molar-refractivity contribution in [2.75, 3.05) is 0 Å². The minimum atomic E-state index is -0.370. The maximum atomic E-state index is 11.9. The first-order valence-electron chi connectivity index (χ1n) is 5.72. The van der Waals surface area contributed by atoms with E-state index in [1.54, 1.807) is 24.5 Å². The van der Waals surface area contributed by atoms with Crippen LogP contribution < -0.4 is 5.32 Å². The van der Waals surface area contributed by atoms with Crippen molar-refractivity contribution < 1.29 is 14.0 Å². The molecule has 1 unspecified atom stereocenters. The second-order valence-corrected chi connectivity index (χ2v) is 4.24. The Hall–Kier alpha value is -2.36. The van der Waals surface area contributed by atoms with Gasteiger partial charge in [-0.1, -0.05) is 18.2 Å². The fourth-order valence-electron chi connectivity index (χ4n) is 2.25. The van der Waals surface area contributed by atoms with Gasteiger partial charge >= 0.3 is 0 Å². The van der Waals surface area contributed by atoms with Crippen LogP contribution >= 0.6 is 0 Å². The molecule has 2 amide bonds. The van der Waals surface area contributed by atoms with Gasteiger partial charge in [0.2, 0.25) is 5.91 Å². The van der Waals surface area contributed by atoms with Crippen LogP contribution in [0, 0.1) is 0 Å². The summed E-state index contributed by atoms with van der Waals surface area (Å²) in [5, 5.41) is 2.38. The predicted octanol–water partition coefficient (Wildman–Crippen LogP) is 1.88. The van der Waals surface area contributed by atoms with E-state index in [4.69, 9.17) is 4.42 Å². The summed E-state index contributed by atoms with van der Waals surface area (Å²) in [5.41, 5.74) is 1.33. The number of carbonyl (C=O) groups is 2. The highest BCUT2D eigenvalue weighted by Gasteiger charge is 2.32. The van der Waals surface area contributed by atoms with E-state index >= 15 is 0 Å². The van der Waals surface area contributed by atoms with E-state index in [-0.39, 0.29) is 17.7 Å². The lowest BCUT2D eigenvalue weighted by molar-refractivity contribution is -0.122. The summed E-state index contributed by atoms with van der Waals surface area (Å²) in [6.07, 6.45) is 2.04. The summed E-state index contributed by atoms with van der Waals surface area (Å²) < 4.78 is 5.26. The average molecular weight is 241 g/mol. The molecule has 2 aromatic rings. The third kappa shape index (κ3) is 1.72. The highest BCUT2D eigenvalue weighted by Crippen LogP contribution is 2.28. The van der Waals surface area contributed by atoms with Crippen LogP contribution in [-0.2, 0) is 11.2 Å². The molecule has 4 nitrogen and oxygen atoms in total. The highest BCUT2D eigenvalue weighted by molar-refractivity contribution is 6.11. The number of furan rings is 1. The van der Waals surface area contributed by atoms with E-state index in [1.807, 2.05) is 18.2 Å². The number of fused-ring (bicyclic) bond motifs is 1. The molecule has 4 heteroatoms. The molecule has 18 heavy (non-hydrogen) atoms. The number of benzene rings is 1. The summed E-state index contributed by atoms with van der Waals surface area (Å²) in [7, 11) is 0. The van der Waals surface area contributed by atoms with Gasteiger partial charge in [-0.05, 0) is 23.8 Å². The average Bonchev–Trinajstić information content (AvgIpc) is 2.87. The van der Waals surface area contributed by atoms with Crippen LogP contribution in [0.15, 0.2) is 47.1 Å². The second-order valence-electron chi connectivity index (χ2n) is 4.24. The summed E-state index contributed by atoms with van der Waals surface area (Å²) in [5.74, 6) is -0.231. The lowest BCUT2D eigenvalue weighted by Crippen LogP contribution is -2.41. The molecule has 2 heterocycles. The zero-order valence-corrected chi connectivity index (χ0v) is 9.55. The molecule has 1 aromatic carbocycles. The van der Waals surface area contributed by atoms with Crippen LogP contribution in [0.4, 0.5) is 0 Å². The van der Waals surface area contributed by atoms with Crippen LogP contribution in [0.1, 0.15) is 27.6 Å². The number of nitrogens with one attached hydrogen (secondary N) is 1. The zero-order valence-electron chi connectivity index (χ0n) is 9.55. The largest absolute Gasteiger partial charge is 0.469 e. The van der Waals surface area contributed by atoms with Gasteiger partial charge in [0, 0.05) is 12.0 Å².